The molecule has 0 atom stereocenters. The summed E-state index contributed by atoms with van der Waals surface area (Å²) in [6.07, 6.45) is 2.55. The molecule has 1 aromatic carbocycles. The Kier molecular flexibility index (Phi) is 3.36. The third-order valence-corrected chi connectivity index (χ3v) is 7.31. The van der Waals surface area contributed by atoms with Crippen LogP contribution < -0.4 is 4.46 Å². The van der Waals surface area contributed by atoms with Gasteiger partial charge in [-0.2, -0.15) is 0 Å². The molecule has 14 heavy (non-hydrogen) atoms. The summed E-state index contributed by atoms with van der Waals surface area (Å²) < 4.78 is 1.96. The zero-order valence-electron chi connectivity index (χ0n) is 8.37. The van der Waals surface area contributed by atoms with Crippen molar-refractivity contribution in [3.05, 3.63) is 23.8 Å². The van der Waals surface area contributed by atoms with Crippen LogP contribution in [0.15, 0.2) is 23.1 Å². The molecule has 0 fully saturated rings. The summed E-state index contributed by atoms with van der Waals surface area (Å²) in [5, 5.41) is 0. The summed E-state index contributed by atoms with van der Waals surface area (Å²) >= 11 is 5.75. The molecule has 1 aromatic rings. The van der Waals surface area contributed by atoms with Gasteiger partial charge >= 0.3 is 104 Å². The summed E-state index contributed by atoms with van der Waals surface area (Å²) in [5.74, 6) is 0. The molecule has 1 aliphatic heterocycles. The van der Waals surface area contributed by atoms with Crippen molar-refractivity contribution in [3.8, 4) is 0 Å². The molecule has 1 heterocycles. The van der Waals surface area contributed by atoms with Gasteiger partial charge in [0.05, 0.1) is 0 Å². The Labute approximate surface area is 103 Å². The van der Waals surface area contributed by atoms with Crippen molar-refractivity contribution in [1.29, 1.82) is 0 Å². The molecule has 1 radical (unpaired) electrons. The minimum atomic E-state index is 0.425. The van der Waals surface area contributed by atoms with Gasteiger partial charge in [-0.3, -0.25) is 0 Å². The van der Waals surface area contributed by atoms with Gasteiger partial charge in [-0.15, -0.1) is 0 Å². The predicted octanol–water partition coefficient (Wildman–Crippen LogP) is 1.92. The van der Waals surface area contributed by atoms with E-state index in [0.29, 0.717) is 17.9 Å². The zero-order valence-corrected chi connectivity index (χ0v) is 12.6. The summed E-state index contributed by atoms with van der Waals surface area (Å²) in [5.41, 5.74) is 1.56. The van der Waals surface area contributed by atoms with Crippen molar-refractivity contribution in [3.63, 3.8) is 0 Å². The van der Waals surface area contributed by atoms with Crippen LogP contribution in [0.4, 0.5) is 0 Å². The van der Waals surface area contributed by atoms with Crippen molar-refractivity contribution in [2.45, 2.75) is 36.3 Å². The quantitative estimate of drug-likeness (QED) is 0.707. The number of hydrogen-bond acceptors (Lipinski definition) is 1. The minimum absolute atomic E-state index is 0.425. The molecule has 0 unspecified atom stereocenters. The molecule has 0 bridgehead atoms. The van der Waals surface area contributed by atoms with E-state index < -0.39 is 0 Å². The molecular formula is C11H13SSe2. The number of benzene rings is 1. The molecule has 0 aromatic heterocycles. The topological polar surface area (TPSA) is 0 Å². The second kappa shape index (κ2) is 4.23. The van der Waals surface area contributed by atoms with Crippen molar-refractivity contribution >= 4 is 43.5 Å². The fourth-order valence-electron chi connectivity index (χ4n) is 1.70. The van der Waals surface area contributed by atoms with Crippen molar-refractivity contribution in [2.24, 2.45) is 0 Å². The van der Waals surface area contributed by atoms with E-state index in [4.69, 9.17) is 0 Å². The van der Waals surface area contributed by atoms with E-state index in [-0.39, 0.29) is 0 Å². The van der Waals surface area contributed by atoms with Crippen molar-refractivity contribution < 1.29 is 0 Å². The standard InChI is InChI=1S/C11H13SSe2/c1-11(2)7-6-8-4-3-5-9(14-13)10(8)12-11/h3-5H,6-7H2,1-2H3. The van der Waals surface area contributed by atoms with Gasteiger partial charge in [0, 0.05) is 0 Å². The third kappa shape index (κ3) is 2.23. The predicted molar refractivity (Wildman–Crippen MR) is 65.8 cm³/mol. The maximum atomic E-state index is 3.19. The molecule has 0 saturated carbocycles. The van der Waals surface area contributed by atoms with Crippen LogP contribution in [-0.4, -0.2) is 32.1 Å². The number of thioether (sulfide) groups is 1. The second-order valence-electron chi connectivity index (χ2n) is 4.19. The van der Waals surface area contributed by atoms with Crippen LogP contribution in [0.3, 0.4) is 0 Å². The normalized spacial score (nSPS) is 19.1. The van der Waals surface area contributed by atoms with Crippen LogP contribution in [0.1, 0.15) is 25.8 Å². The summed E-state index contributed by atoms with van der Waals surface area (Å²) in [6, 6.07) is 6.75. The van der Waals surface area contributed by atoms with Gasteiger partial charge in [-0.25, -0.2) is 0 Å². The van der Waals surface area contributed by atoms with Gasteiger partial charge in [0.2, 0.25) is 0 Å². The van der Waals surface area contributed by atoms with Crippen LogP contribution in [0.25, 0.3) is 0 Å². The van der Waals surface area contributed by atoms with E-state index in [0.717, 1.165) is 0 Å². The van der Waals surface area contributed by atoms with Crippen LogP contribution in [0.2, 0.25) is 0 Å². The number of fused-ring (bicyclic) bond motifs is 1. The number of aryl methyl sites for hydroxylation is 1. The molecule has 2 rings (SSSR count). The molecule has 3 heteroatoms. The first-order valence-electron chi connectivity index (χ1n) is 4.73. The van der Waals surface area contributed by atoms with Gasteiger partial charge in [0.1, 0.15) is 0 Å². The molecule has 0 spiro atoms. The van der Waals surface area contributed by atoms with Crippen molar-refractivity contribution in [2.75, 3.05) is 0 Å². The van der Waals surface area contributed by atoms with E-state index in [9.17, 15) is 0 Å². The van der Waals surface area contributed by atoms with Crippen LogP contribution in [0, 0.1) is 0 Å². The fraction of sp³-hybridized carbons (Fsp3) is 0.455. The number of hydrogen-bond donors (Lipinski definition) is 0. The third-order valence-electron chi connectivity index (χ3n) is 2.52. The first kappa shape index (κ1) is 11.1. The van der Waals surface area contributed by atoms with Gasteiger partial charge in [-0.1, -0.05) is 0 Å². The monoisotopic (exact) mass is 337 g/mol. The van der Waals surface area contributed by atoms with Gasteiger partial charge in [0.25, 0.3) is 0 Å². The molecule has 0 aliphatic carbocycles. The molecule has 0 N–H and O–H groups in total. The van der Waals surface area contributed by atoms with Gasteiger partial charge in [0.15, 0.2) is 0 Å². The molecule has 0 nitrogen and oxygen atoms in total. The van der Waals surface area contributed by atoms with E-state index in [1.54, 1.807) is 10.5 Å². The summed E-state index contributed by atoms with van der Waals surface area (Å²) in [4.78, 5) is 1.56. The van der Waals surface area contributed by atoms with Crippen LogP contribution >= 0.6 is 11.8 Å². The van der Waals surface area contributed by atoms with E-state index >= 15 is 0 Å². The Morgan fingerprint density at radius 3 is 2.93 bits per heavy atom. The molecule has 0 saturated heterocycles. The second-order valence-corrected chi connectivity index (χ2v) is 9.00. The number of rotatable bonds is 1. The Balaban J connectivity index is 2.43. The Hall–Kier alpha value is 0.609. The van der Waals surface area contributed by atoms with Crippen LogP contribution in [0.5, 0.6) is 0 Å². The average Bonchev–Trinajstić information content (AvgIpc) is 2.15. The van der Waals surface area contributed by atoms with E-state index in [1.807, 2.05) is 0 Å². The Bertz CT molecular complexity index is 333. The van der Waals surface area contributed by atoms with Gasteiger partial charge < -0.3 is 0 Å². The fourth-order valence-corrected chi connectivity index (χ4v) is 6.26. The van der Waals surface area contributed by atoms with E-state index in [1.165, 1.54) is 17.3 Å². The maximum absolute atomic E-state index is 3.19. The van der Waals surface area contributed by atoms with Crippen molar-refractivity contribution in [1.82, 2.24) is 0 Å². The summed E-state index contributed by atoms with van der Waals surface area (Å²) in [6.45, 7) is 4.70. The van der Waals surface area contributed by atoms with E-state index in [2.05, 4.69) is 58.0 Å². The molecule has 1 aliphatic rings. The Morgan fingerprint density at radius 2 is 2.21 bits per heavy atom. The van der Waals surface area contributed by atoms with Gasteiger partial charge in [-0.05, 0) is 0 Å². The SMILES string of the molecule is CC1(C)CCc2cccc([Se][Se])c2S1. The molecular weight excluding hydrogens is 322 g/mol. The zero-order chi connectivity index (χ0) is 10.2. The molecule has 0 amide bonds. The first-order valence-corrected chi connectivity index (χ1v) is 10.7. The molecule has 75 valence electrons. The Morgan fingerprint density at radius 1 is 1.43 bits per heavy atom. The summed E-state index contributed by atoms with van der Waals surface area (Å²) in [7, 11) is 0. The average molecular weight is 335 g/mol. The van der Waals surface area contributed by atoms with Crippen LogP contribution in [-0.2, 0) is 6.42 Å². The first-order chi connectivity index (χ1) is 6.62.